The Hall–Kier alpha value is -3.22. The van der Waals surface area contributed by atoms with E-state index in [0.29, 0.717) is 50.6 Å². The highest BCUT2D eigenvalue weighted by atomic mass is 16.6. The maximum Gasteiger partial charge on any atom is 0.415 e. The predicted octanol–water partition coefficient (Wildman–Crippen LogP) is 12.1. The molecule has 1 amide bonds. The molecule has 280 valence electrons. The Balaban J connectivity index is 1.21. The topological polar surface area (TPSA) is 74.3 Å². The van der Waals surface area contributed by atoms with Crippen LogP contribution in [-0.2, 0) is 4.79 Å². The molecule has 2 aromatic carbocycles. The first kappa shape index (κ1) is 41.2. The molecule has 7 nitrogen and oxygen atoms in total. The van der Waals surface area contributed by atoms with E-state index in [0.717, 1.165) is 24.3 Å². The average Bonchev–Trinajstić information content (AvgIpc) is 3.14. The van der Waals surface area contributed by atoms with Crippen LogP contribution in [0, 0.1) is 5.92 Å². The molecule has 1 heterocycles. The number of esters is 1. The third-order valence-electron chi connectivity index (χ3n) is 9.69. The van der Waals surface area contributed by atoms with E-state index in [9.17, 15) is 9.59 Å². The van der Waals surface area contributed by atoms with Crippen molar-refractivity contribution < 1.29 is 28.5 Å². The molecular formula is C43H67NO6. The molecule has 0 radical (unpaired) electrons. The molecule has 0 saturated carbocycles. The number of likely N-dealkylation sites (tertiary alicyclic amines) is 1. The van der Waals surface area contributed by atoms with E-state index >= 15 is 0 Å². The number of nitrogens with zero attached hydrogens (tertiary/aromatic N) is 1. The Bertz CT molecular complexity index is 1050. The van der Waals surface area contributed by atoms with Crippen LogP contribution in [0.3, 0.4) is 0 Å². The van der Waals surface area contributed by atoms with Gasteiger partial charge in [-0.3, -0.25) is 4.79 Å². The highest BCUT2D eigenvalue weighted by Gasteiger charge is 2.29. The third-order valence-corrected chi connectivity index (χ3v) is 9.69. The molecule has 0 spiro atoms. The van der Waals surface area contributed by atoms with Gasteiger partial charge < -0.3 is 23.8 Å². The lowest BCUT2D eigenvalue weighted by molar-refractivity contribution is -0.140. The first-order valence-electron chi connectivity index (χ1n) is 20.2. The van der Waals surface area contributed by atoms with Crippen LogP contribution in [0.4, 0.5) is 4.79 Å². The van der Waals surface area contributed by atoms with Crippen LogP contribution in [0.15, 0.2) is 48.5 Å². The lowest BCUT2D eigenvalue weighted by Crippen LogP contribution is -2.42. The van der Waals surface area contributed by atoms with Gasteiger partial charge in [-0.25, -0.2) is 4.79 Å². The van der Waals surface area contributed by atoms with E-state index in [1.165, 1.54) is 116 Å². The largest absolute Gasteiger partial charge is 0.494 e. The van der Waals surface area contributed by atoms with Gasteiger partial charge in [-0.2, -0.15) is 0 Å². The Morgan fingerprint density at radius 2 is 0.840 bits per heavy atom. The van der Waals surface area contributed by atoms with Crippen LogP contribution < -0.4 is 18.9 Å². The molecule has 0 atom stereocenters. The van der Waals surface area contributed by atoms with E-state index in [4.69, 9.17) is 18.9 Å². The molecule has 1 saturated heterocycles. The van der Waals surface area contributed by atoms with Gasteiger partial charge in [0.1, 0.15) is 23.0 Å². The van der Waals surface area contributed by atoms with Crippen LogP contribution in [0.5, 0.6) is 23.0 Å². The van der Waals surface area contributed by atoms with Gasteiger partial charge in [0.15, 0.2) is 0 Å². The summed E-state index contributed by atoms with van der Waals surface area (Å²) in [6.07, 6.45) is 26.7. The standard InChI is InChI=1S/C43H67NO6/c1-3-5-7-9-11-13-15-17-19-21-35-47-38-23-27-40(28-24-38)49-42(45)37-31-33-44(34-32-37)43(46)50-41-29-25-39(26-30-41)48-36-22-20-18-16-14-12-10-8-6-4-2/h23-30,37H,3-22,31-36H2,1-2H3. The first-order valence-corrected chi connectivity index (χ1v) is 20.2. The van der Waals surface area contributed by atoms with Crippen molar-refractivity contribution in [3.63, 3.8) is 0 Å². The Kier molecular flexibility index (Phi) is 21.9. The summed E-state index contributed by atoms with van der Waals surface area (Å²) in [5.41, 5.74) is 0. The number of amides is 1. The zero-order chi connectivity index (χ0) is 35.5. The van der Waals surface area contributed by atoms with E-state index in [-0.39, 0.29) is 11.9 Å². The first-order chi connectivity index (χ1) is 24.6. The monoisotopic (exact) mass is 693 g/mol. The zero-order valence-corrected chi connectivity index (χ0v) is 31.5. The number of unbranched alkanes of at least 4 members (excludes halogenated alkanes) is 18. The minimum absolute atomic E-state index is 0.252. The number of carbonyl (C=O) groups is 2. The number of ether oxygens (including phenoxy) is 4. The van der Waals surface area contributed by atoms with Crippen molar-refractivity contribution in [1.82, 2.24) is 4.90 Å². The molecule has 0 aromatic heterocycles. The van der Waals surface area contributed by atoms with Crippen LogP contribution in [0.1, 0.15) is 155 Å². The van der Waals surface area contributed by atoms with E-state index < -0.39 is 6.09 Å². The predicted molar refractivity (Wildman–Crippen MR) is 204 cm³/mol. The van der Waals surface area contributed by atoms with Gasteiger partial charge in [-0.05, 0) is 74.2 Å². The quantitative estimate of drug-likeness (QED) is 0.0527. The Labute approximate surface area is 303 Å². The van der Waals surface area contributed by atoms with Gasteiger partial charge in [0.05, 0.1) is 19.1 Å². The summed E-state index contributed by atoms with van der Waals surface area (Å²) in [6, 6.07) is 14.5. The van der Waals surface area contributed by atoms with Crippen LogP contribution in [-0.4, -0.2) is 43.3 Å². The number of carbonyl (C=O) groups excluding carboxylic acids is 2. The summed E-state index contributed by atoms with van der Waals surface area (Å²) in [4.78, 5) is 27.3. The minimum atomic E-state index is -0.399. The van der Waals surface area contributed by atoms with Crippen molar-refractivity contribution >= 4 is 12.1 Å². The SMILES string of the molecule is CCCCCCCCCCCCOc1ccc(OC(=O)C2CCN(C(=O)Oc3ccc(OCCCCCCCCCCCC)cc3)CC2)cc1. The number of hydrogen-bond acceptors (Lipinski definition) is 6. The second kappa shape index (κ2) is 26.6. The highest BCUT2D eigenvalue weighted by Crippen LogP contribution is 2.25. The summed E-state index contributed by atoms with van der Waals surface area (Å²) >= 11 is 0. The maximum atomic E-state index is 12.8. The molecule has 7 heteroatoms. The summed E-state index contributed by atoms with van der Waals surface area (Å²) in [5, 5.41) is 0. The number of hydrogen-bond donors (Lipinski definition) is 0. The molecule has 1 aliphatic heterocycles. The molecule has 0 aliphatic carbocycles. The van der Waals surface area contributed by atoms with Gasteiger partial charge in [0, 0.05) is 13.1 Å². The second-order valence-electron chi connectivity index (χ2n) is 14.1. The number of rotatable bonds is 27. The lowest BCUT2D eigenvalue weighted by Gasteiger charge is -2.30. The molecule has 3 rings (SSSR count). The van der Waals surface area contributed by atoms with Crippen molar-refractivity contribution in [1.29, 1.82) is 0 Å². The summed E-state index contributed by atoms with van der Waals surface area (Å²) in [7, 11) is 0. The molecular weight excluding hydrogens is 626 g/mol. The highest BCUT2D eigenvalue weighted by molar-refractivity contribution is 5.76. The van der Waals surface area contributed by atoms with E-state index in [1.54, 1.807) is 29.2 Å². The molecule has 1 fully saturated rings. The van der Waals surface area contributed by atoms with Crippen LogP contribution in [0.2, 0.25) is 0 Å². The second-order valence-corrected chi connectivity index (χ2v) is 14.1. The van der Waals surface area contributed by atoms with E-state index in [2.05, 4.69) is 13.8 Å². The van der Waals surface area contributed by atoms with Gasteiger partial charge in [-0.15, -0.1) is 0 Å². The fourth-order valence-corrected chi connectivity index (χ4v) is 6.43. The molecule has 0 bridgehead atoms. The fourth-order valence-electron chi connectivity index (χ4n) is 6.43. The Morgan fingerprint density at radius 1 is 0.500 bits per heavy atom. The number of piperidine rings is 1. The molecule has 2 aromatic rings. The Morgan fingerprint density at radius 3 is 1.24 bits per heavy atom. The van der Waals surface area contributed by atoms with Crippen molar-refractivity contribution in [2.45, 2.75) is 155 Å². The summed E-state index contributed by atoms with van der Waals surface area (Å²) in [5.74, 6) is 2.06. The fraction of sp³-hybridized carbons (Fsp3) is 0.674. The van der Waals surface area contributed by atoms with Crippen LogP contribution >= 0.6 is 0 Å². The number of benzene rings is 2. The van der Waals surface area contributed by atoms with Crippen molar-refractivity contribution in [2.24, 2.45) is 5.92 Å². The average molecular weight is 694 g/mol. The van der Waals surface area contributed by atoms with Gasteiger partial charge >= 0.3 is 12.1 Å². The van der Waals surface area contributed by atoms with Crippen molar-refractivity contribution in [3.05, 3.63) is 48.5 Å². The van der Waals surface area contributed by atoms with Gasteiger partial charge in [-0.1, -0.05) is 129 Å². The zero-order valence-electron chi connectivity index (χ0n) is 31.5. The van der Waals surface area contributed by atoms with Crippen molar-refractivity contribution in [2.75, 3.05) is 26.3 Å². The molecule has 0 N–H and O–H groups in total. The maximum absolute atomic E-state index is 12.8. The lowest BCUT2D eigenvalue weighted by atomic mass is 9.97. The summed E-state index contributed by atoms with van der Waals surface area (Å²) < 4.78 is 23.0. The smallest absolute Gasteiger partial charge is 0.415 e. The molecule has 0 unspecified atom stereocenters. The van der Waals surface area contributed by atoms with Gasteiger partial charge in [0.2, 0.25) is 0 Å². The third kappa shape index (κ3) is 18.1. The summed E-state index contributed by atoms with van der Waals surface area (Å²) in [6.45, 7) is 6.82. The van der Waals surface area contributed by atoms with Crippen LogP contribution in [0.25, 0.3) is 0 Å². The minimum Gasteiger partial charge on any atom is -0.494 e. The molecule has 50 heavy (non-hydrogen) atoms. The van der Waals surface area contributed by atoms with E-state index in [1.807, 2.05) is 24.3 Å². The normalized spacial score (nSPS) is 13.3. The molecule has 1 aliphatic rings. The van der Waals surface area contributed by atoms with Gasteiger partial charge in [0.25, 0.3) is 0 Å². The van der Waals surface area contributed by atoms with Crippen molar-refractivity contribution in [3.8, 4) is 23.0 Å².